The number of anilines is 2. The molecule has 1 aromatic heterocycles. The summed E-state index contributed by atoms with van der Waals surface area (Å²) >= 11 is 11.0. The predicted octanol–water partition coefficient (Wildman–Crippen LogP) is 2.54. The molecule has 0 spiro atoms. The van der Waals surface area contributed by atoms with Crippen LogP contribution in [0.3, 0.4) is 0 Å². The molecule has 104 valence electrons. The topological polar surface area (TPSA) is 64.3 Å². The lowest BCUT2D eigenvalue weighted by molar-refractivity contribution is 0.380. The summed E-state index contributed by atoms with van der Waals surface area (Å²) in [5.41, 5.74) is 7.28. The summed E-state index contributed by atoms with van der Waals surface area (Å²) < 4.78 is 5.01. The van der Waals surface area contributed by atoms with Crippen LogP contribution in [0.15, 0.2) is 30.5 Å². The summed E-state index contributed by atoms with van der Waals surface area (Å²) in [5, 5.41) is 0.437. The first-order chi connectivity index (χ1) is 9.52. The number of hydrogen-bond donors (Lipinski definition) is 1. The van der Waals surface area contributed by atoms with Gasteiger partial charge in [0, 0.05) is 18.3 Å². The van der Waals surface area contributed by atoms with Gasteiger partial charge in [0.2, 0.25) is 0 Å². The summed E-state index contributed by atoms with van der Waals surface area (Å²) in [4.78, 5) is 10.4. The van der Waals surface area contributed by atoms with Crippen LogP contribution in [0.2, 0.25) is 5.02 Å². The highest BCUT2D eigenvalue weighted by Gasteiger charge is 2.12. The average Bonchev–Trinajstić information content (AvgIpc) is 2.47. The van der Waals surface area contributed by atoms with Crippen molar-refractivity contribution < 1.29 is 4.74 Å². The van der Waals surface area contributed by atoms with E-state index in [9.17, 15) is 0 Å². The van der Waals surface area contributed by atoms with Gasteiger partial charge in [0.1, 0.15) is 10.0 Å². The molecular weight excluding hydrogens is 296 g/mol. The molecule has 0 aliphatic carbocycles. The lowest BCUT2D eigenvalue weighted by atomic mass is 10.2. The van der Waals surface area contributed by atoms with Crippen molar-refractivity contribution in [1.82, 2.24) is 9.97 Å². The zero-order valence-electron chi connectivity index (χ0n) is 11.0. The number of ether oxygens (including phenoxy) is 1. The van der Waals surface area contributed by atoms with E-state index in [2.05, 4.69) is 9.97 Å². The van der Waals surface area contributed by atoms with Crippen LogP contribution < -0.4 is 15.4 Å². The van der Waals surface area contributed by atoms with Crippen molar-refractivity contribution in [3.05, 3.63) is 41.0 Å². The lowest BCUT2D eigenvalue weighted by Crippen LogP contribution is -2.14. The van der Waals surface area contributed by atoms with E-state index in [-0.39, 0.29) is 6.01 Å². The highest BCUT2D eigenvalue weighted by Crippen LogP contribution is 2.29. The Hall–Kier alpha value is -1.92. The maximum atomic E-state index is 6.12. The predicted molar refractivity (Wildman–Crippen MR) is 84.0 cm³/mol. The molecule has 1 heterocycles. The van der Waals surface area contributed by atoms with Crippen LogP contribution in [0.4, 0.5) is 11.5 Å². The number of thiocarbonyl (C=S) groups is 1. The minimum absolute atomic E-state index is 0.260. The third-order valence-electron chi connectivity index (χ3n) is 2.74. The normalized spacial score (nSPS) is 10.2. The van der Waals surface area contributed by atoms with E-state index in [0.717, 1.165) is 11.3 Å². The summed E-state index contributed by atoms with van der Waals surface area (Å²) in [6, 6.07) is 7.73. The second-order valence-electron chi connectivity index (χ2n) is 4.00. The molecule has 0 unspecified atom stereocenters. The molecule has 0 atom stereocenters. The van der Waals surface area contributed by atoms with Crippen molar-refractivity contribution in [1.29, 1.82) is 0 Å². The Labute approximate surface area is 127 Å². The van der Waals surface area contributed by atoms with Gasteiger partial charge in [-0.1, -0.05) is 23.8 Å². The van der Waals surface area contributed by atoms with Crippen molar-refractivity contribution in [2.24, 2.45) is 5.73 Å². The smallest absolute Gasteiger partial charge is 0.318 e. The van der Waals surface area contributed by atoms with Crippen LogP contribution in [-0.2, 0) is 0 Å². The second kappa shape index (κ2) is 6.02. The Balaban J connectivity index is 2.35. The first-order valence-electron chi connectivity index (χ1n) is 5.73. The molecule has 5 nitrogen and oxygen atoms in total. The SMILES string of the molecule is COc1ncc(Cl)c(N(C)c2ccc(C(N)=S)cc2)n1. The molecule has 0 amide bonds. The largest absolute Gasteiger partial charge is 0.467 e. The van der Waals surface area contributed by atoms with Gasteiger partial charge in [-0.3, -0.25) is 0 Å². The molecule has 0 aliphatic rings. The maximum Gasteiger partial charge on any atom is 0.318 e. The van der Waals surface area contributed by atoms with Crippen molar-refractivity contribution in [3.8, 4) is 6.01 Å². The summed E-state index contributed by atoms with van der Waals surface area (Å²) in [7, 11) is 3.35. The standard InChI is InChI=1S/C13H13ClN4OS/c1-18(9-5-3-8(4-6-9)11(15)20)12-10(14)7-16-13(17-12)19-2/h3-7H,1-2H3,(H2,15,20). The molecule has 2 rings (SSSR count). The van der Waals surface area contributed by atoms with Crippen LogP contribution >= 0.6 is 23.8 Å². The zero-order chi connectivity index (χ0) is 14.7. The van der Waals surface area contributed by atoms with Crippen LogP contribution in [0, 0.1) is 0 Å². The molecule has 2 aromatic rings. The van der Waals surface area contributed by atoms with E-state index in [4.69, 9.17) is 34.3 Å². The van der Waals surface area contributed by atoms with Crippen molar-refractivity contribution in [2.45, 2.75) is 0 Å². The van der Waals surface area contributed by atoms with Crippen LogP contribution in [-0.4, -0.2) is 29.1 Å². The van der Waals surface area contributed by atoms with Crippen LogP contribution in [0.1, 0.15) is 5.56 Å². The zero-order valence-corrected chi connectivity index (χ0v) is 12.6. The number of rotatable bonds is 4. The van der Waals surface area contributed by atoms with E-state index in [0.29, 0.717) is 15.8 Å². The first-order valence-corrected chi connectivity index (χ1v) is 6.51. The number of nitrogens with zero attached hydrogens (tertiary/aromatic N) is 3. The van der Waals surface area contributed by atoms with Crippen molar-refractivity contribution in [2.75, 3.05) is 19.1 Å². The molecule has 1 aromatic carbocycles. The lowest BCUT2D eigenvalue weighted by Gasteiger charge is -2.19. The fraction of sp³-hybridized carbons (Fsp3) is 0.154. The van der Waals surface area contributed by atoms with Crippen molar-refractivity contribution in [3.63, 3.8) is 0 Å². The molecule has 0 saturated heterocycles. The minimum Gasteiger partial charge on any atom is -0.467 e. The number of halogens is 1. The average molecular weight is 309 g/mol. The van der Waals surface area contributed by atoms with Gasteiger partial charge in [-0.05, 0) is 24.3 Å². The van der Waals surface area contributed by atoms with E-state index in [1.807, 2.05) is 36.2 Å². The molecule has 0 aliphatic heterocycles. The van der Waals surface area contributed by atoms with E-state index >= 15 is 0 Å². The van der Waals surface area contributed by atoms with E-state index < -0.39 is 0 Å². The van der Waals surface area contributed by atoms with Crippen molar-refractivity contribution >= 4 is 40.3 Å². The van der Waals surface area contributed by atoms with Crippen LogP contribution in [0.25, 0.3) is 0 Å². The fourth-order valence-corrected chi connectivity index (χ4v) is 2.00. The Bertz CT molecular complexity index is 633. The molecule has 20 heavy (non-hydrogen) atoms. The number of hydrogen-bond acceptors (Lipinski definition) is 5. The number of benzene rings is 1. The maximum absolute atomic E-state index is 6.12. The Morgan fingerprint density at radius 3 is 2.55 bits per heavy atom. The van der Waals surface area contributed by atoms with Crippen LogP contribution in [0.5, 0.6) is 6.01 Å². The molecule has 2 N–H and O–H groups in total. The second-order valence-corrected chi connectivity index (χ2v) is 4.85. The van der Waals surface area contributed by atoms with E-state index in [1.165, 1.54) is 13.3 Å². The fourth-order valence-electron chi connectivity index (χ4n) is 1.65. The van der Waals surface area contributed by atoms with Gasteiger partial charge in [0.15, 0.2) is 5.82 Å². The highest BCUT2D eigenvalue weighted by atomic mass is 35.5. The number of nitrogens with two attached hydrogens (primary N) is 1. The van der Waals surface area contributed by atoms with Gasteiger partial charge in [0.05, 0.1) is 13.3 Å². The third-order valence-corrected chi connectivity index (χ3v) is 3.25. The number of aromatic nitrogens is 2. The van der Waals surface area contributed by atoms with E-state index in [1.54, 1.807) is 0 Å². The molecular formula is C13H13ClN4OS. The van der Waals surface area contributed by atoms with Gasteiger partial charge in [-0.25, -0.2) is 4.98 Å². The minimum atomic E-state index is 0.260. The Morgan fingerprint density at radius 1 is 1.35 bits per heavy atom. The Kier molecular flexibility index (Phi) is 4.36. The van der Waals surface area contributed by atoms with Gasteiger partial charge < -0.3 is 15.4 Å². The first kappa shape index (κ1) is 14.5. The summed E-state index contributed by atoms with van der Waals surface area (Å²) in [6.45, 7) is 0. The van der Waals surface area contributed by atoms with Gasteiger partial charge in [-0.2, -0.15) is 4.98 Å². The highest BCUT2D eigenvalue weighted by molar-refractivity contribution is 7.80. The number of methoxy groups -OCH3 is 1. The summed E-state index contributed by atoms with van der Waals surface area (Å²) in [6.07, 6.45) is 1.50. The molecule has 0 fully saturated rings. The Morgan fingerprint density at radius 2 is 2.00 bits per heavy atom. The molecule has 0 radical (unpaired) electrons. The molecule has 0 bridgehead atoms. The molecule has 7 heteroatoms. The van der Waals surface area contributed by atoms with Gasteiger partial charge in [0.25, 0.3) is 0 Å². The quantitative estimate of drug-likeness (QED) is 0.876. The monoisotopic (exact) mass is 308 g/mol. The van der Waals surface area contributed by atoms with Gasteiger partial charge in [-0.15, -0.1) is 0 Å². The third kappa shape index (κ3) is 2.97. The summed E-state index contributed by atoms with van der Waals surface area (Å²) in [5.74, 6) is 0.557. The van der Waals surface area contributed by atoms with Gasteiger partial charge >= 0.3 is 6.01 Å². The molecule has 0 saturated carbocycles.